The van der Waals surface area contributed by atoms with Crippen LogP contribution < -0.4 is 5.32 Å². The first-order valence-corrected chi connectivity index (χ1v) is 7.74. The highest BCUT2D eigenvalue weighted by Gasteiger charge is 2.23. The lowest BCUT2D eigenvalue weighted by Crippen LogP contribution is -2.30. The van der Waals surface area contributed by atoms with Crippen LogP contribution in [0, 0.1) is 0 Å². The van der Waals surface area contributed by atoms with Gasteiger partial charge in [0.05, 0.1) is 5.69 Å². The number of nitrogens with one attached hydrogen (secondary N) is 1. The maximum atomic E-state index is 12.8. The molecule has 0 bridgehead atoms. The van der Waals surface area contributed by atoms with Gasteiger partial charge in [-0.15, -0.1) is 0 Å². The molecule has 1 fully saturated rings. The maximum Gasteiger partial charge on any atom is 0.244 e. The zero-order valence-corrected chi connectivity index (χ0v) is 12.5. The average molecular weight is 286 g/mol. The molecule has 0 radical (unpaired) electrons. The fourth-order valence-electron chi connectivity index (χ4n) is 3.04. The highest BCUT2D eigenvalue weighted by molar-refractivity contribution is 6.05. The molecule has 0 amide bonds. The van der Waals surface area contributed by atoms with Crippen molar-refractivity contribution in [2.24, 2.45) is 0 Å². The van der Waals surface area contributed by atoms with Crippen molar-refractivity contribution in [1.82, 2.24) is 19.4 Å². The summed E-state index contributed by atoms with van der Waals surface area (Å²) in [5.74, 6) is 0.572. The van der Waals surface area contributed by atoms with Gasteiger partial charge in [0.2, 0.25) is 5.78 Å². The van der Waals surface area contributed by atoms with Crippen molar-refractivity contribution in [3.8, 4) is 0 Å². The molecule has 2 aromatic rings. The van der Waals surface area contributed by atoms with Crippen LogP contribution in [0.1, 0.15) is 48.5 Å². The van der Waals surface area contributed by atoms with E-state index in [1.165, 1.54) is 0 Å². The topological polar surface area (TPSA) is 51.9 Å². The summed E-state index contributed by atoms with van der Waals surface area (Å²) in [6.07, 6.45) is 8.74. The second kappa shape index (κ2) is 6.26. The van der Waals surface area contributed by atoms with Gasteiger partial charge in [-0.1, -0.05) is 6.92 Å². The number of piperidine rings is 1. The van der Waals surface area contributed by atoms with Gasteiger partial charge < -0.3 is 14.5 Å². The summed E-state index contributed by atoms with van der Waals surface area (Å²) < 4.78 is 4.08. The van der Waals surface area contributed by atoms with E-state index in [0.717, 1.165) is 44.6 Å². The van der Waals surface area contributed by atoms with Crippen LogP contribution in [0.4, 0.5) is 0 Å². The standard InChI is InChI=1S/C16H22N4O/c1-2-10-19-12-9-18-16(19)15(21)14-4-3-11-20(14)13-5-7-17-8-6-13/h3-4,9,11-13,17H,2,5-8,10H2,1H3. The summed E-state index contributed by atoms with van der Waals surface area (Å²) in [6, 6.07) is 4.28. The minimum absolute atomic E-state index is 0.0250. The van der Waals surface area contributed by atoms with E-state index in [2.05, 4.69) is 21.8 Å². The number of rotatable bonds is 5. The Morgan fingerprint density at radius 2 is 2.19 bits per heavy atom. The fraction of sp³-hybridized carbons (Fsp3) is 0.500. The molecule has 2 aromatic heterocycles. The summed E-state index contributed by atoms with van der Waals surface area (Å²) in [5, 5.41) is 3.36. The number of hydrogen-bond acceptors (Lipinski definition) is 3. The Morgan fingerprint density at radius 3 is 2.95 bits per heavy atom. The minimum atomic E-state index is 0.0250. The maximum absolute atomic E-state index is 12.8. The van der Waals surface area contributed by atoms with Crippen LogP contribution in [-0.4, -0.2) is 33.0 Å². The van der Waals surface area contributed by atoms with Crippen LogP contribution in [0.15, 0.2) is 30.7 Å². The highest BCUT2D eigenvalue weighted by atomic mass is 16.1. The molecule has 1 saturated heterocycles. The van der Waals surface area contributed by atoms with Crippen molar-refractivity contribution < 1.29 is 4.79 Å². The summed E-state index contributed by atoms with van der Waals surface area (Å²) in [5.41, 5.74) is 0.755. The molecule has 1 aliphatic heterocycles. The number of carbonyl (C=O) groups is 1. The first-order valence-electron chi connectivity index (χ1n) is 7.74. The molecule has 1 N–H and O–H groups in total. The van der Waals surface area contributed by atoms with Crippen molar-refractivity contribution >= 4 is 5.78 Å². The monoisotopic (exact) mass is 286 g/mol. The number of imidazole rings is 1. The third-order valence-electron chi connectivity index (χ3n) is 4.10. The quantitative estimate of drug-likeness (QED) is 0.858. The van der Waals surface area contributed by atoms with Crippen LogP contribution in [-0.2, 0) is 6.54 Å². The van der Waals surface area contributed by atoms with E-state index in [1.807, 2.05) is 29.1 Å². The largest absolute Gasteiger partial charge is 0.342 e. The molecule has 5 heteroatoms. The summed E-state index contributed by atoms with van der Waals surface area (Å²) >= 11 is 0. The SMILES string of the molecule is CCCn1ccnc1C(=O)c1cccn1C1CCNCC1. The lowest BCUT2D eigenvalue weighted by molar-refractivity contribution is 0.101. The van der Waals surface area contributed by atoms with Crippen molar-refractivity contribution in [3.05, 3.63) is 42.2 Å². The number of hydrogen-bond donors (Lipinski definition) is 1. The molecular formula is C16H22N4O. The van der Waals surface area contributed by atoms with Crippen LogP contribution in [0.5, 0.6) is 0 Å². The van der Waals surface area contributed by atoms with Gasteiger partial charge in [-0.2, -0.15) is 0 Å². The number of ketones is 1. The van der Waals surface area contributed by atoms with Crippen LogP contribution in [0.25, 0.3) is 0 Å². The smallest absolute Gasteiger partial charge is 0.244 e. The number of aromatic nitrogens is 3. The van der Waals surface area contributed by atoms with E-state index in [4.69, 9.17) is 0 Å². The predicted molar refractivity (Wildman–Crippen MR) is 81.5 cm³/mol. The molecule has 0 aromatic carbocycles. The zero-order valence-electron chi connectivity index (χ0n) is 12.5. The molecule has 0 saturated carbocycles. The Morgan fingerprint density at radius 1 is 1.38 bits per heavy atom. The fourth-order valence-corrected chi connectivity index (χ4v) is 3.04. The molecular weight excluding hydrogens is 264 g/mol. The lowest BCUT2D eigenvalue weighted by Gasteiger charge is -2.25. The van der Waals surface area contributed by atoms with Gasteiger partial charge in [0.15, 0.2) is 5.82 Å². The number of aryl methyl sites for hydroxylation is 1. The molecule has 0 spiro atoms. The van der Waals surface area contributed by atoms with Crippen LogP contribution in [0.2, 0.25) is 0 Å². The summed E-state index contributed by atoms with van der Waals surface area (Å²) in [4.78, 5) is 17.1. The van der Waals surface area contributed by atoms with Gasteiger partial charge in [-0.25, -0.2) is 4.98 Å². The van der Waals surface area contributed by atoms with Gasteiger partial charge in [0, 0.05) is 31.2 Å². The molecule has 3 rings (SSSR count). The summed E-state index contributed by atoms with van der Waals surface area (Å²) in [6.45, 7) is 4.96. The molecule has 1 aliphatic rings. The van der Waals surface area contributed by atoms with Crippen molar-refractivity contribution in [1.29, 1.82) is 0 Å². The number of carbonyl (C=O) groups excluding carboxylic acids is 1. The Balaban J connectivity index is 1.88. The summed E-state index contributed by atoms with van der Waals surface area (Å²) in [7, 11) is 0. The molecule has 0 unspecified atom stereocenters. The van der Waals surface area contributed by atoms with Crippen molar-refractivity contribution in [2.75, 3.05) is 13.1 Å². The molecule has 0 aliphatic carbocycles. The van der Waals surface area contributed by atoms with Crippen LogP contribution in [0.3, 0.4) is 0 Å². The first-order chi connectivity index (χ1) is 10.3. The van der Waals surface area contributed by atoms with Gasteiger partial charge in [-0.3, -0.25) is 4.79 Å². The Bertz CT molecular complexity index is 607. The third kappa shape index (κ3) is 2.78. The second-order valence-corrected chi connectivity index (χ2v) is 5.56. The van der Waals surface area contributed by atoms with E-state index in [-0.39, 0.29) is 5.78 Å². The Labute approximate surface area is 125 Å². The minimum Gasteiger partial charge on any atom is -0.342 e. The number of nitrogens with zero attached hydrogens (tertiary/aromatic N) is 3. The van der Waals surface area contributed by atoms with E-state index in [1.54, 1.807) is 6.20 Å². The second-order valence-electron chi connectivity index (χ2n) is 5.56. The molecule has 21 heavy (non-hydrogen) atoms. The molecule has 3 heterocycles. The average Bonchev–Trinajstić information content (AvgIpc) is 3.17. The molecule has 0 atom stereocenters. The predicted octanol–water partition coefficient (Wildman–Crippen LogP) is 2.25. The van der Waals surface area contributed by atoms with E-state index >= 15 is 0 Å². The van der Waals surface area contributed by atoms with Crippen LogP contribution >= 0.6 is 0 Å². The van der Waals surface area contributed by atoms with E-state index in [9.17, 15) is 4.79 Å². The van der Waals surface area contributed by atoms with Crippen molar-refractivity contribution in [3.63, 3.8) is 0 Å². The highest BCUT2D eigenvalue weighted by Crippen LogP contribution is 2.22. The van der Waals surface area contributed by atoms with Gasteiger partial charge in [0.25, 0.3) is 0 Å². The first kappa shape index (κ1) is 14.1. The third-order valence-corrected chi connectivity index (χ3v) is 4.10. The van der Waals surface area contributed by atoms with E-state index in [0.29, 0.717) is 11.9 Å². The van der Waals surface area contributed by atoms with Gasteiger partial charge in [-0.05, 0) is 44.5 Å². The van der Waals surface area contributed by atoms with Crippen molar-refractivity contribution in [2.45, 2.75) is 38.8 Å². The van der Waals surface area contributed by atoms with E-state index < -0.39 is 0 Å². The van der Waals surface area contributed by atoms with Gasteiger partial charge in [0.1, 0.15) is 0 Å². The Hall–Kier alpha value is -1.88. The molecule has 112 valence electrons. The normalized spacial score (nSPS) is 16.2. The molecule has 5 nitrogen and oxygen atoms in total. The van der Waals surface area contributed by atoms with Gasteiger partial charge >= 0.3 is 0 Å². The lowest BCUT2D eigenvalue weighted by atomic mass is 10.1. The Kier molecular flexibility index (Phi) is 4.20. The zero-order chi connectivity index (χ0) is 14.7.